The number of anilines is 5. The fraction of sp³-hybridized carbons (Fsp3) is 0.0370. The predicted molar refractivity (Wildman–Crippen MR) is 153 cm³/mol. The molecule has 0 aliphatic rings. The van der Waals surface area contributed by atoms with Crippen LogP contribution in [0.3, 0.4) is 0 Å². The minimum Gasteiger partial charge on any atom is -0.455 e. The number of aryl methyl sites for hydroxylation is 1. The van der Waals surface area contributed by atoms with Crippen LogP contribution in [0.1, 0.15) is 11.3 Å². The van der Waals surface area contributed by atoms with Crippen LogP contribution in [-0.4, -0.2) is 31.0 Å². The van der Waals surface area contributed by atoms with Gasteiger partial charge in [0.25, 0.3) is 11.4 Å². The number of hydrogen-bond donors (Lipinski definition) is 3. The van der Waals surface area contributed by atoms with Gasteiger partial charge in [-0.05, 0) is 55.0 Å². The molecule has 0 bridgehead atoms. The molecule has 3 N–H and O–H groups in total. The van der Waals surface area contributed by atoms with Crippen molar-refractivity contribution in [2.45, 2.75) is 6.92 Å². The van der Waals surface area contributed by atoms with E-state index in [-0.39, 0.29) is 29.2 Å². The average Bonchev–Trinajstić information content (AvgIpc) is 3.43. The Morgan fingerprint density at radius 2 is 1.37 bits per heavy atom. The highest BCUT2D eigenvalue weighted by molar-refractivity contribution is 5.78. The molecular weight excluding hydrogens is 530 g/mol. The van der Waals surface area contributed by atoms with Crippen molar-refractivity contribution in [2.24, 2.45) is 5.10 Å². The van der Waals surface area contributed by atoms with Crippen molar-refractivity contribution in [3.05, 3.63) is 116 Å². The van der Waals surface area contributed by atoms with Crippen LogP contribution in [-0.2, 0) is 0 Å². The van der Waals surface area contributed by atoms with E-state index in [2.05, 4.69) is 36.1 Å². The Balaban J connectivity index is 1.35. The second-order valence-corrected chi connectivity index (χ2v) is 8.55. The lowest BCUT2D eigenvalue weighted by atomic mass is 10.1. The van der Waals surface area contributed by atoms with Gasteiger partial charge in [-0.1, -0.05) is 18.2 Å². The van der Waals surface area contributed by atoms with Gasteiger partial charge < -0.3 is 15.1 Å². The van der Waals surface area contributed by atoms with Gasteiger partial charge in [0.2, 0.25) is 17.8 Å². The maximum Gasteiger partial charge on any atom is 0.269 e. The number of nitro groups is 2. The van der Waals surface area contributed by atoms with Gasteiger partial charge >= 0.3 is 0 Å². The zero-order chi connectivity index (χ0) is 28.8. The molecule has 0 unspecified atom stereocenters. The van der Waals surface area contributed by atoms with E-state index in [1.54, 1.807) is 36.4 Å². The zero-order valence-electron chi connectivity index (χ0n) is 21.4. The summed E-state index contributed by atoms with van der Waals surface area (Å²) in [6, 6.07) is 22.9. The maximum atomic E-state index is 11.0. The summed E-state index contributed by atoms with van der Waals surface area (Å²) in [5.41, 5.74) is 5.69. The van der Waals surface area contributed by atoms with E-state index in [1.165, 1.54) is 30.5 Å². The average molecular weight is 552 g/mol. The summed E-state index contributed by atoms with van der Waals surface area (Å²) < 4.78 is 5.77. The number of nitro benzene ring substituents is 2. The molecule has 0 aliphatic carbocycles. The molecule has 14 nitrogen and oxygen atoms in total. The number of non-ortho nitro benzene ring substituents is 2. The lowest BCUT2D eigenvalue weighted by Crippen LogP contribution is -2.07. The van der Waals surface area contributed by atoms with Crippen LogP contribution in [0.5, 0.6) is 0 Å². The van der Waals surface area contributed by atoms with Crippen LogP contribution in [0.2, 0.25) is 0 Å². The highest BCUT2D eigenvalue weighted by Crippen LogP contribution is 2.25. The molecule has 2 aromatic heterocycles. The van der Waals surface area contributed by atoms with E-state index in [4.69, 9.17) is 4.42 Å². The van der Waals surface area contributed by atoms with Crippen LogP contribution < -0.4 is 16.1 Å². The first-order chi connectivity index (χ1) is 19.8. The highest BCUT2D eigenvalue weighted by atomic mass is 16.6. The fourth-order valence-corrected chi connectivity index (χ4v) is 3.65. The molecule has 0 aliphatic heterocycles. The van der Waals surface area contributed by atoms with Crippen LogP contribution in [0.25, 0.3) is 11.3 Å². The summed E-state index contributed by atoms with van der Waals surface area (Å²) >= 11 is 0. The van der Waals surface area contributed by atoms with Crippen LogP contribution in [0, 0.1) is 27.2 Å². The van der Waals surface area contributed by atoms with Gasteiger partial charge in [0.1, 0.15) is 11.5 Å². The van der Waals surface area contributed by atoms with E-state index in [0.717, 1.165) is 11.3 Å². The number of hydrazone groups is 1. The van der Waals surface area contributed by atoms with Gasteiger partial charge in [-0.3, -0.25) is 20.2 Å². The van der Waals surface area contributed by atoms with Crippen molar-refractivity contribution in [1.82, 2.24) is 15.0 Å². The molecule has 5 rings (SSSR count). The molecule has 5 aromatic rings. The Morgan fingerprint density at radius 1 is 0.756 bits per heavy atom. The third kappa shape index (κ3) is 6.64. The first-order valence-electron chi connectivity index (χ1n) is 12.1. The summed E-state index contributed by atoms with van der Waals surface area (Å²) in [6.45, 7) is 1.94. The number of rotatable bonds is 10. The second kappa shape index (κ2) is 11.7. The quantitative estimate of drug-likeness (QED) is 0.102. The number of nitrogens with one attached hydrogen (secondary N) is 3. The topological polar surface area (TPSA) is 187 Å². The Labute approximate surface area is 232 Å². The molecule has 0 fully saturated rings. The molecule has 0 saturated carbocycles. The first kappa shape index (κ1) is 26.4. The Kier molecular flexibility index (Phi) is 7.54. The van der Waals surface area contributed by atoms with Crippen molar-refractivity contribution in [3.63, 3.8) is 0 Å². The van der Waals surface area contributed by atoms with Crippen LogP contribution in [0.4, 0.5) is 40.6 Å². The molecular formula is C27H21N9O5. The number of para-hydroxylation sites is 1. The number of nitrogens with zero attached hydrogens (tertiary/aromatic N) is 6. The Morgan fingerprint density at radius 3 is 2.02 bits per heavy atom. The standard InChI is InChI=1S/C27H21N9O5/c1-17-4-2-3-5-23(17)30-26-31-25(29-19-8-12-21(13-9-19)36(39)40)32-27(33-26)34-28-16-22-14-15-24(41-22)18-6-10-20(11-7-18)35(37)38/h2-16H,1H3,(H3,29,30,31,32,33,34)/b28-16-. The van der Waals surface area contributed by atoms with Gasteiger partial charge in [0, 0.05) is 41.2 Å². The molecule has 41 heavy (non-hydrogen) atoms. The monoisotopic (exact) mass is 551 g/mol. The minimum absolute atomic E-state index is 0.0117. The predicted octanol–water partition coefficient (Wildman–Crippen LogP) is 6.19. The van der Waals surface area contributed by atoms with Crippen molar-refractivity contribution in [3.8, 4) is 11.3 Å². The summed E-state index contributed by atoms with van der Waals surface area (Å²) in [7, 11) is 0. The number of furan rings is 1. The third-order valence-electron chi connectivity index (χ3n) is 5.71. The van der Waals surface area contributed by atoms with Crippen molar-refractivity contribution in [2.75, 3.05) is 16.1 Å². The molecule has 2 heterocycles. The second-order valence-electron chi connectivity index (χ2n) is 8.55. The number of benzene rings is 3. The molecule has 0 atom stereocenters. The Bertz CT molecular complexity index is 1740. The van der Waals surface area contributed by atoms with E-state index in [9.17, 15) is 20.2 Å². The summed E-state index contributed by atoms with van der Waals surface area (Å²) in [5, 5.41) is 32.2. The smallest absolute Gasteiger partial charge is 0.269 e. The normalized spacial score (nSPS) is 10.9. The molecule has 0 radical (unpaired) electrons. The summed E-state index contributed by atoms with van der Waals surface area (Å²) in [5.74, 6) is 1.44. The fourth-order valence-electron chi connectivity index (χ4n) is 3.65. The van der Waals surface area contributed by atoms with E-state index in [1.807, 2.05) is 31.2 Å². The molecule has 0 amide bonds. The van der Waals surface area contributed by atoms with E-state index in [0.29, 0.717) is 22.8 Å². The Hall–Kier alpha value is -6.18. The molecule has 14 heteroatoms. The largest absolute Gasteiger partial charge is 0.455 e. The SMILES string of the molecule is Cc1ccccc1Nc1nc(N/N=C\c2ccc(-c3ccc([N+](=O)[O-])cc3)o2)nc(Nc2ccc([N+](=O)[O-])cc2)n1. The first-order valence-corrected chi connectivity index (χ1v) is 12.1. The van der Waals surface area contributed by atoms with E-state index < -0.39 is 9.85 Å². The maximum absolute atomic E-state index is 11.0. The van der Waals surface area contributed by atoms with Gasteiger partial charge in [-0.25, -0.2) is 5.43 Å². The number of hydrogen-bond acceptors (Lipinski definition) is 12. The van der Waals surface area contributed by atoms with Gasteiger partial charge in [0.15, 0.2) is 0 Å². The van der Waals surface area contributed by atoms with Crippen molar-refractivity contribution < 1.29 is 14.3 Å². The highest BCUT2D eigenvalue weighted by Gasteiger charge is 2.11. The molecule has 0 saturated heterocycles. The van der Waals surface area contributed by atoms with Gasteiger partial charge in [-0.15, -0.1) is 0 Å². The van der Waals surface area contributed by atoms with Crippen LogP contribution in [0.15, 0.2) is 94.4 Å². The lowest BCUT2D eigenvalue weighted by molar-refractivity contribution is -0.385. The van der Waals surface area contributed by atoms with Crippen molar-refractivity contribution >= 4 is 46.8 Å². The van der Waals surface area contributed by atoms with E-state index >= 15 is 0 Å². The van der Waals surface area contributed by atoms with Crippen LogP contribution >= 0.6 is 0 Å². The minimum atomic E-state index is -0.481. The molecule has 204 valence electrons. The lowest BCUT2D eigenvalue weighted by Gasteiger charge is -2.11. The molecule has 3 aromatic carbocycles. The summed E-state index contributed by atoms with van der Waals surface area (Å²) in [6.07, 6.45) is 1.43. The molecule has 0 spiro atoms. The van der Waals surface area contributed by atoms with Gasteiger partial charge in [-0.2, -0.15) is 20.1 Å². The number of aromatic nitrogens is 3. The van der Waals surface area contributed by atoms with Gasteiger partial charge in [0.05, 0.1) is 16.1 Å². The third-order valence-corrected chi connectivity index (χ3v) is 5.71. The van der Waals surface area contributed by atoms with Crippen molar-refractivity contribution in [1.29, 1.82) is 0 Å². The zero-order valence-corrected chi connectivity index (χ0v) is 21.4. The summed E-state index contributed by atoms with van der Waals surface area (Å²) in [4.78, 5) is 34.0.